The number of nitrogen functional groups attached to an aromatic ring is 1. The van der Waals surface area contributed by atoms with Crippen LogP contribution in [0.15, 0.2) is 41.2 Å². The van der Waals surface area contributed by atoms with E-state index >= 15 is 0 Å². The molecule has 2 N–H and O–H groups in total. The van der Waals surface area contributed by atoms with E-state index in [2.05, 4.69) is 0 Å². The minimum Gasteiger partial charge on any atom is -0.494 e. The third-order valence-corrected chi connectivity index (χ3v) is 2.09. The van der Waals surface area contributed by atoms with Crippen molar-refractivity contribution in [1.29, 1.82) is 0 Å². The first-order valence-electron chi connectivity index (χ1n) is 4.85. The van der Waals surface area contributed by atoms with Crippen LogP contribution in [0.5, 0.6) is 5.75 Å². The quantitative estimate of drug-likeness (QED) is 0.780. The largest absolute Gasteiger partial charge is 0.494 e. The summed E-state index contributed by atoms with van der Waals surface area (Å²) in [7, 11) is 0. The Hall–Kier alpha value is -1.90. The van der Waals surface area contributed by atoms with E-state index in [1.165, 1.54) is 0 Å². The van der Waals surface area contributed by atoms with Gasteiger partial charge in [0.15, 0.2) is 0 Å². The number of hydrogen-bond donors (Lipinski definition) is 1. The van der Waals surface area contributed by atoms with Gasteiger partial charge in [-0.05, 0) is 30.7 Å². The Morgan fingerprint density at radius 3 is 2.80 bits per heavy atom. The third-order valence-electron chi connectivity index (χ3n) is 2.09. The van der Waals surface area contributed by atoms with Crippen LogP contribution in [0, 0.1) is 0 Å². The van der Waals surface area contributed by atoms with Crippen molar-refractivity contribution in [3.63, 3.8) is 0 Å². The van der Waals surface area contributed by atoms with Crippen LogP contribution in [-0.2, 0) is 0 Å². The lowest BCUT2D eigenvalue weighted by Crippen LogP contribution is -1.93. The lowest BCUT2D eigenvalue weighted by Gasteiger charge is -2.06. The van der Waals surface area contributed by atoms with Gasteiger partial charge in [-0.1, -0.05) is 0 Å². The van der Waals surface area contributed by atoms with Gasteiger partial charge in [0.2, 0.25) is 0 Å². The summed E-state index contributed by atoms with van der Waals surface area (Å²) in [5.74, 6) is 0.786. The van der Waals surface area contributed by atoms with Crippen LogP contribution < -0.4 is 10.5 Å². The topological polar surface area (TPSA) is 48.4 Å². The zero-order chi connectivity index (χ0) is 10.7. The molecule has 1 aromatic carbocycles. The predicted molar refractivity (Wildman–Crippen MR) is 59.7 cm³/mol. The molecule has 78 valence electrons. The second-order valence-electron chi connectivity index (χ2n) is 3.24. The van der Waals surface area contributed by atoms with Crippen LogP contribution in [0.3, 0.4) is 0 Å². The van der Waals surface area contributed by atoms with Gasteiger partial charge in [-0.25, -0.2) is 0 Å². The zero-order valence-electron chi connectivity index (χ0n) is 8.57. The maximum atomic E-state index is 5.79. The standard InChI is InChI=1S/C12H13NO2/c1-2-15-12-6-10(5-11(13)7-12)9-3-4-14-8-9/h3-8H,2,13H2,1H3. The molecule has 2 aromatic rings. The summed E-state index contributed by atoms with van der Waals surface area (Å²) in [5.41, 5.74) is 8.49. The summed E-state index contributed by atoms with van der Waals surface area (Å²) in [4.78, 5) is 0. The molecule has 0 amide bonds. The van der Waals surface area contributed by atoms with Gasteiger partial charge in [-0.15, -0.1) is 0 Å². The van der Waals surface area contributed by atoms with Crippen molar-refractivity contribution in [2.24, 2.45) is 0 Å². The summed E-state index contributed by atoms with van der Waals surface area (Å²) in [6, 6.07) is 7.55. The molecule has 3 heteroatoms. The first kappa shape index (κ1) is 9.65. The van der Waals surface area contributed by atoms with Crippen molar-refractivity contribution < 1.29 is 9.15 Å². The van der Waals surface area contributed by atoms with E-state index in [1.807, 2.05) is 31.2 Å². The maximum Gasteiger partial charge on any atom is 0.121 e. The first-order chi connectivity index (χ1) is 7.29. The summed E-state index contributed by atoms with van der Waals surface area (Å²) in [5, 5.41) is 0. The summed E-state index contributed by atoms with van der Waals surface area (Å²) in [6.07, 6.45) is 3.32. The van der Waals surface area contributed by atoms with Gasteiger partial charge in [0.1, 0.15) is 5.75 Å². The molecule has 0 fully saturated rings. The fourth-order valence-corrected chi connectivity index (χ4v) is 1.47. The van der Waals surface area contributed by atoms with Gasteiger partial charge >= 0.3 is 0 Å². The maximum absolute atomic E-state index is 5.79. The highest BCUT2D eigenvalue weighted by molar-refractivity contribution is 5.68. The fraction of sp³-hybridized carbons (Fsp3) is 0.167. The van der Waals surface area contributed by atoms with E-state index < -0.39 is 0 Å². The average molecular weight is 203 g/mol. The van der Waals surface area contributed by atoms with Gasteiger partial charge < -0.3 is 14.9 Å². The molecule has 0 spiro atoms. The van der Waals surface area contributed by atoms with Crippen LogP contribution in [0.4, 0.5) is 5.69 Å². The number of furan rings is 1. The normalized spacial score (nSPS) is 10.2. The molecule has 1 heterocycles. The molecule has 0 aliphatic rings. The lowest BCUT2D eigenvalue weighted by atomic mass is 10.1. The number of ether oxygens (including phenoxy) is 1. The van der Waals surface area contributed by atoms with Gasteiger partial charge in [0.25, 0.3) is 0 Å². The molecule has 1 aromatic heterocycles. The number of anilines is 1. The van der Waals surface area contributed by atoms with E-state index in [1.54, 1.807) is 12.5 Å². The van der Waals surface area contributed by atoms with Crippen molar-refractivity contribution in [3.05, 3.63) is 36.8 Å². The predicted octanol–water partition coefficient (Wildman–Crippen LogP) is 2.93. The third kappa shape index (κ3) is 2.13. The molecular formula is C12H13NO2. The molecule has 0 unspecified atom stereocenters. The molecule has 0 radical (unpaired) electrons. The van der Waals surface area contributed by atoms with E-state index in [4.69, 9.17) is 14.9 Å². The van der Waals surface area contributed by atoms with Gasteiger partial charge in [0, 0.05) is 17.3 Å². The molecule has 15 heavy (non-hydrogen) atoms. The summed E-state index contributed by atoms with van der Waals surface area (Å²) in [6.45, 7) is 2.58. The molecule has 0 bridgehead atoms. The van der Waals surface area contributed by atoms with E-state index in [9.17, 15) is 0 Å². The number of rotatable bonds is 3. The van der Waals surface area contributed by atoms with Crippen LogP contribution in [0.2, 0.25) is 0 Å². The Balaban J connectivity index is 2.40. The Labute approximate surface area is 88.5 Å². The number of benzene rings is 1. The number of hydrogen-bond acceptors (Lipinski definition) is 3. The number of nitrogens with two attached hydrogens (primary N) is 1. The smallest absolute Gasteiger partial charge is 0.121 e. The van der Waals surface area contributed by atoms with Crippen LogP contribution in [0.1, 0.15) is 6.92 Å². The van der Waals surface area contributed by atoms with Crippen molar-refractivity contribution >= 4 is 5.69 Å². The minimum absolute atomic E-state index is 0.633. The van der Waals surface area contributed by atoms with Crippen molar-refractivity contribution in [2.45, 2.75) is 6.92 Å². The highest BCUT2D eigenvalue weighted by Gasteiger charge is 2.03. The van der Waals surface area contributed by atoms with Crippen molar-refractivity contribution in [2.75, 3.05) is 12.3 Å². The summed E-state index contributed by atoms with van der Waals surface area (Å²) < 4.78 is 10.4. The Bertz CT molecular complexity index is 435. The zero-order valence-corrected chi connectivity index (χ0v) is 8.57. The van der Waals surface area contributed by atoms with Gasteiger partial charge in [0.05, 0.1) is 19.1 Å². The highest BCUT2D eigenvalue weighted by Crippen LogP contribution is 2.27. The van der Waals surface area contributed by atoms with E-state index in [0.717, 1.165) is 16.9 Å². The Morgan fingerprint density at radius 1 is 1.27 bits per heavy atom. The van der Waals surface area contributed by atoms with Crippen molar-refractivity contribution in [3.8, 4) is 16.9 Å². The minimum atomic E-state index is 0.633. The van der Waals surface area contributed by atoms with Crippen LogP contribution >= 0.6 is 0 Å². The lowest BCUT2D eigenvalue weighted by molar-refractivity contribution is 0.340. The average Bonchev–Trinajstić information content (AvgIpc) is 2.70. The Kier molecular flexibility index (Phi) is 2.63. The van der Waals surface area contributed by atoms with Crippen LogP contribution in [0.25, 0.3) is 11.1 Å². The molecule has 0 atom stereocenters. The van der Waals surface area contributed by atoms with Crippen molar-refractivity contribution in [1.82, 2.24) is 0 Å². The van der Waals surface area contributed by atoms with Gasteiger partial charge in [-0.2, -0.15) is 0 Å². The highest BCUT2D eigenvalue weighted by atomic mass is 16.5. The van der Waals surface area contributed by atoms with Crippen LogP contribution in [-0.4, -0.2) is 6.61 Å². The molecule has 0 aliphatic heterocycles. The van der Waals surface area contributed by atoms with E-state index in [-0.39, 0.29) is 0 Å². The molecule has 0 saturated heterocycles. The first-order valence-corrected chi connectivity index (χ1v) is 4.85. The monoisotopic (exact) mass is 203 g/mol. The van der Waals surface area contributed by atoms with E-state index in [0.29, 0.717) is 12.3 Å². The molecule has 3 nitrogen and oxygen atoms in total. The second kappa shape index (κ2) is 4.09. The molecule has 0 saturated carbocycles. The molecule has 2 rings (SSSR count). The summed E-state index contributed by atoms with van der Waals surface area (Å²) >= 11 is 0. The molecular weight excluding hydrogens is 190 g/mol. The second-order valence-corrected chi connectivity index (χ2v) is 3.24. The fourth-order valence-electron chi connectivity index (χ4n) is 1.47. The SMILES string of the molecule is CCOc1cc(N)cc(-c2ccoc2)c1. The molecule has 0 aliphatic carbocycles. The van der Waals surface area contributed by atoms with Gasteiger partial charge in [-0.3, -0.25) is 0 Å². The Morgan fingerprint density at radius 2 is 2.13 bits per heavy atom.